The van der Waals surface area contributed by atoms with Gasteiger partial charge in [0.15, 0.2) is 0 Å². The summed E-state index contributed by atoms with van der Waals surface area (Å²) in [5.41, 5.74) is 1.79. The van der Waals surface area contributed by atoms with Crippen LogP contribution in [0.3, 0.4) is 0 Å². The molecule has 178 valence electrons. The van der Waals surface area contributed by atoms with E-state index in [1.54, 1.807) is 0 Å². The monoisotopic (exact) mass is 514 g/mol. The molecule has 0 spiro atoms. The van der Waals surface area contributed by atoms with Crippen molar-refractivity contribution >= 4 is 27.9 Å². The largest absolute Gasteiger partial charge is 0.444 e. The fourth-order valence-electron chi connectivity index (χ4n) is 4.29. The van der Waals surface area contributed by atoms with E-state index in [9.17, 15) is 9.59 Å². The van der Waals surface area contributed by atoms with Gasteiger partial charge >= 0.3 is 6.09 Å². The van der Waals surface area contributed by atoms with E-state index in [4.69, 9.17) is 4.74 Å². The Labute approximate surface area is 205 Å². The first-order valence-corrected chi connectivity index (χ1v) is 12.6. The molecule has 0 radical (unpaired) electrons. The summed E-state index contributed by atoms with van der Waals surface area (Å²) in [4.78, 5) is 25.1. The fourth-order valence-corrected chi connectivity index (χ4v) is 4.70. The molecule has 1 saturated carbocycles. The molecular formula is C27H35BrN2O3. The van der Waals surface area contributed by atoms with Gasteiger partial charge in [-0.3, -0.25) is 4.79 Å². The van der Waals surface area contributed by atoms with E-state index in [-0.39, 0.29) is 24.0 Å². The maximum Gasteiger partial charge on any atom is 0.407 e. The third-order valence-corrected chi connectivity index (χ3v) is 6.49. The van der Waals surface area contributed by atoms with Gasteiger partial charge in [0.25, 0.3) is 0 Å². The van der Waals surface area contributed by atoms with Gasteiger partial charge in [0.1, 0.15) is 5.60 Å². The number of benzene rings is 2. The number of hydrogen-bond donors (Lipinski definition) is 2. The van der Waals surface area contributed by atoms with Crippen molar-refractivity contribution in [2.45, 2.75) is 64.5 Å². The van der Waals surface area contributed by atoms with Crippen molar-refractivity contribution in [3.05, 3.63) is 70.2 Å². The molecule has 0 aromatic heterocycles. The number of nitrogens with one attached hydrogen (secondary N) is 2. The number of halogens is 1. The third-order valence-electron chi connectivity index (χ3n) is 6.00. The smallest absolute Gasteiger partial charge is 0.407 e. The average Bonchev–Trinajstić information content (AvgIpc) is 2.77. The molecule has 1 unspecified atom stereocenters. The van der Waals surface area contributed by atoms with Crippen LogP contribution < -0.4 is 10.6 Å². The molecule has 1 aliphatic carbocycles. The topological polar surface area (TPSA) is 67.4 Å². The summed E-state index contributed by atoms with van der Waals surface area (Å²) in [7, 11) is 0. The molecule has 1 atom stereocenters. The highest BCUT2D eigenvalue weighted by Gasteiger charge is 2.28. The Kier molecular flexibility index (Phi) is 8.95. The van der Waals surface area contributed by atoms with Gasteiger partial charge in [-0.25, -0.2) is 4.79 Å². The molecule has 33 heavy (non-hydrogen) atoms. The summed E-state index contributed by atoms with van der Waals surface area (Å²) >= 11 is 3.55. The predicted molar refractivity (Wildman–Crippen MR) is 135 cm³/mol. The van der Waals surface area contributed by atoms with Crippen LogP contribution in [0.25, 0.3) is 0 Å². The quantitative estimate of drug-likeness (QED) is 0.463. The Hall–Kier alpha value is -2.34. The van der Waals surface area contributed by atoms with E-state index in [1.165, 1.54) is 5.56 Å². The first-order valence-electron chi connectivity index (χ1n) is 11.8. The Morgan fingerprint density at radius 2 is 1.73 bits per heavy atom. The van der Waals surface area contributed by atoms with Crippen LogP contribution in [-0.2, 0) is 16.0 Å². The highest BCUT2D eigenvalue weighted by Crippen LogP contribution is 2.30. The zero-order chi connectivity index (χ0) is 23.8. The van der Waals surface area contributed by atoms with Gasteiger partial charge in [0.05, 0.1) is 6.04 Å². The second-order valence-electron chi connectivity index (χ2n) is 9.91. The number of carbonyl (C=O) groups is 2. The Bertz CT molecular complexity index is 918. The zero-order valence-electron chi connectivity index (χ0n) is 19.8. The van der Waals surface area contributed by atoms with Crippen molar-refractivity contribution in [3.63, 3.8) is 0 Å². The minimum Gasteiger partial charge on any atom is -0.444 e. The molecule has 0 aliphatic heterocycles. The molecule has 2 aromatic carbocycles. The number of amides is 2. The summed E-state index contributed by atoms with van der Waals surface area (Å²) < 4.78 is 6.32. The van der Waals surface area contributed by atoms with Crippen LogP contribution in [0.15, 0.2) is 59.1 Å². The van der Waals surface area contributed by atoms with E-state index in [2.05, 4.69) is 50.8 Å². The van der Waals surface area contributed by atoms with E-state index >= 15 is 0 Å². The highest BCUT2D eigenvalue weighted by atomic mass is 79.9. The number of rotatable bonds is 7. The van der Waals surface area contributed by atoms with Gasteiger partial charge in [-0.15, -0.1) is 0 Å². The van der Waals surface area contributed by atoms with E-state index in [0.29, 0.717) is 12.5 Å². The molecule has 2 N–H and O–H groups in total. The molecule has 6 heteroatoms. The third kappa shape index (κ3) is 8.50. The molecular weight excluding hydrogens is 480 g/mol. The molecule has 0 bridgehead atoms. The standard InChI is InChI=1S/C27H35BrN2O3/c1-27(2,3)33-26(32)29-18-20-12-14-21(15-13-20)25(31)30-24(16-19-8-5-4-6-9-19)22-10-7-11-23(28)17-22/h4-11,17,20-21,24H,12-16,18H2,1-3H3,(H,29,32)(H,30,31). The number of alkyl carbamates (subject to hydrolysis) is 1. The summed E-state index contributed by atoms with van der Waals surface area (Å²) in [6.07, 6.45) is 3.90. The van der Waals surface area contributed by atoms with Crippen molar-refractivity contribution in [2.75, 3.05) is 6.54 Å². The summed E-state index contributed by atoms with van der Waals surface area (Å²) in [5, 5.41) is 6.19. The van der Waals surface area contributed by atoms with Crippen LogP contribution >= 0.6 is 15.9 Å². The van der Waals surface area contributed by atoms with Crippen LogP contribution in [0.1, 0.15) is 63.6 Å². The maximum absolute atomic E-state index is 13.2. The Balaban J connectivity index is 1.54. The van der Waals surface area contributed by atoms with Gasteiger partial charge in [-0.05, 0) is 82.1 Å². The lowest BCUT2D eigenvalue weighted by Crippen LogP contribution is -2.39. The van der Waals surface area contributed by atoms with Crippen LogP contribution in [0.5, 0.6) is 0 Å². The van der Waals surface area contributed by atoms with Crippen LogP contribution in [0.2, 0.25) is 0 Å². The van der Waals surface area contributed by atoms with E-state index in [0.717, 1.165) is 42.1 Å². The molecule has 5 nitrogen and oxygen atoms in total. The van der Waals surface area contributed by atoms with E-state index in [1.807, 2.05) is 51.1 Å². The first kappa shape index (κ1) is 25.3. The molecule has 0 saturated heterocycles. The second-order valence-corrected chi connectivity index (χ2v) is 10.8. The zero-order valence-corrected chi connectivity index (χ0v) is 21.4. The first-order chi connectivity index (χ1) is 15.7. The van der Waals surface area contributed by atoms with Gasteiger partial charge in [0.2, 0.25) is 5.91 Å². The number of ether oxygens (including phenoxy) is 1. The van der Waals surface area contributed by atoms with E-state index < -0.39 is 5.60 Å². The molecule has 3 rings (SSSR count). The van der Waals surface area contributed by atoms with Crippen molar-refractivity contribution in [3.8, 4) is 0 Å². The van der Waals surface area contributed by atoms with Gasteiger partial charge in [0, 0.05) is 16.9 Å². The summed E-state index contributed by atoms with van der Waals surface area (Å²) in [6, 6.07) is 18.3. The minimum absolute atomic E-state index is 0.00760. The molecule has 1 fully saturated rings. The van der Waals surface area contributed by atoms with Crippen molar-refractivity contribution in [1.29, 1.82) is 0 Å². The van der Waals surface area contributed by atoms with Gasteiger partial charge in [-0.2, -0.15) is 0 Å². The summed E-state index contributed by atoms with van der Waals surface area (Å²) in [5.74, 6) is 0.509. The lowest BCUT2D eigenvalue weighted by molar-refractivity contribution is -0.127. The highest BCUT2D eigenvalue weighted by molar-refractivity contribution is 9.10. The fraction of sp³-hybridized carbons (Fsp3) is 0.481. The van der Waals surface area contributed by atoms with Gasteiger partial charge < -0.3 is 15.4 Å². The Morgan fingerprint density at radius 3 is 2.36 bits per heavy atom. The minimum atomic E-state index is -0.496. The van der Waals surface area contributed by atoms with Crippen LogP contribution in [0.4, 0.5) is 4.79 Å². The number of hydrogen-bond acceptors (Lipinski definition) is 3. The van der Waals surface area contributed by atoms with Crippen LogP contribution in [0, 0.1) is 11.8 Å². The molecule has 2 aromatic rings. The molecule has 2 amide bonds. The van der Waals surface area contributed by atoms with Gasteiger partial charge in [-0.1, -0.05) is 58.4 Å². The van der Waals surface area contributed by atoms with Crippen molar-refractivity contribution in [1.82, 2.24) is 10.6 Å². The maximum atomic E-state index is 13.2. The van der Waals surface area contributed by atoms with Crippen LogP contribution in [-0.4, -0.2) is 24.1 Å². The summed E-state index contributed by atoms with van der Waals surface area (Å²) in [6.45, 7) is 6.17. The average molecular weight is 515 g/mol. The number of carbonyl (C=O) groups excluding carboxylic acids is 2. The normalized spacial score (nSPS) is 19.4. The predicted octanol–water partition coefficient (Wildman–Crippen LogP) is 6.18. The lowest BCUT2D eigenvalue weighted by atomic mass is 9.81. The Morgan fingerprint density at radius 1 is 1.03 bits per heavy atom. The lowest BCUT2D eigenvalue weighted by Gasteiger charge is -2.30. The SMILES string of the molecule is CC(C)(C)OC(=O)NCC1CCC(C(=O)NC(Cc2ccccc2)c2cccc(Br)c2)CC1. The van der Waals surface area contributed by atoms with Crippen molar-refractivity contribution < 1.29 is 14.3 Å². The van der Waals surface area contributed by atoms with Crippen molar-refractivity contribution in [2.24, 2.45) is 11.8 Å². The molecule has 0 heterocycles. The molecule has 1 aliphatic rings. The second kappa shape index (κ2) is 11.7.